The highest BCUT2D eigenvalue weighted by Gasteiger charge is 2.14. The Kier molecular flexibility index (Phi) is 8.19. The van der Waals surface area contributed by atoms with Gasteiger partial charge in [0.1, 0.15) is 17.3 Å². The van der Waals surface area contributed by atoms with E-state index in [0.29, 0.717) is 40.2 Å². The lowest BCUT2D eigenvalue weighted by Gasteiger charge is -2.11. The number of carboxylic acid groups (broad SMARTS) is 1. The first-order valence-corrected chi connectivity index (χ1v) is 10.8. The molecule has 0 unspecified atom stereocenters. The normalized spacial score (nSPS) is 11.7. The molecular formula is C27H27FO5. The number of carbonyl (C=O) groups excluding carboxylic acids is 1. The zero-order chi connectivity index (χ0) is 23.8. The standard InChI is InChI=1S/C24H21FO5.C3H6/c1-15-12-17(20-14-19(29-2)8-9-21(20)25)7-10-22(15)30-24(28)18-5-3-4-16(13-18)6-11-23(26)27;1-2-3-1/h3-5,7-10,12-14H,6,11H2,1-2H3,(H,26,27);1-3H2. The van der Waals surface area contributed by atoms with Crippen LogP contribution in [0.5, 0.6) is 11.5 Å². The summed E-state index contributed by atoms with van der Waals surface area (Å²) in [6, 6.07) is 16.2. The molecule has 5 nitrogen and oxygen atoms in total. The highest BCUT2D eigenvalue weighted by atomic mass is 19.1. The second kappa shape index (κ2) is 11.3. The molecule has 172 valence electrons. The van der Waals surface area contributed by atoms with Crippen molar-refractivity contribution in [1.29, 1.82) is 0 Å². The number of halogens is 1. The van der Waals surface area contributed by atoms with Crippen LogP contribution in [-0.2, 0) is 11.2 Å². The predicted molar refractivity (Wildman–Crippen MR) is 124 cm³/mol. The van der Waals surface area contributed by atoms with Crippen molar-refractivity contribution in [3.63, 3.8) is 0 Å². The summed E-state index contributed by atoms with van der Waals surface area (Å²) < 4.78 is 24.9. The molecule has 0 atom stereocenters. The van der Waals surface area contributed by atoms with Crippen molar-refractivity contribution in [2.75, 3.05) is 7.11 Å². The third kappa shape index (κ3) is 7.17. The fraction of sp³-hybridized carbons (Fsp3) is 0.259. The van der Waals surface area contributed by atoms with Gasteiger partial charge in [0.15, 0.2) is 0 Å². The van der Waals surface area contributed by atoms with Crippen LogP contribution in [0.2, 0.25) is 0 Å². The van der Waals surface area contributed by atoms with Gasteiger partial charge in [0.25, 0.3) is 0 Å². The van der Waals surface area contributed by atoms with Gasteiger partial charge in [-0.15, -0.1) is 0 Å². The lowest BCUT2D eigenvalue weighted by Crippen LogP contribution is -2.10. The molecule has 0 heterocycles. The Balaban J connectivity index is 0.000000942. The smallest absolute Gasteiger partial charge is 0.343 e. The van der Waals surface area contributed by atoms with Gasteiger partial charge >= 0.3 is 11.9 Å². The van der Waals surface area contributed by atoms with E-state index in [2.05, 4.69) is 0 Å². The van der Waals surface area contributed by atoms with Crippen molar-refractivity contribution in [3.8, 4) is 22.6 Å². The van der Waals surface area contributed by atoms with Crippen LogP contribution < -0.4 is 9.47 Å². The zero-order valence-corrected chi connectivity index (χ0v) is 18.8. The first kappa shape index (κ1) is 24.0. The average molecular weight is 451 g/mol. The number of benzene rings is 3. The van der Waals surface area contributed by atoms with E-state index in [9.17, 15) is 14.0 Å². The van der Waals surface area contributed by atoms with Gasteiger partial charge in [-0.25, -0.2) is 9.18 Å². The minimum Gasteiger partial charge on any atom is -0.497 e. The van der Waals surface area contributed by atoms with E-state index in [1.165, 1.54) is 32.4 Å². The number of aryl methyl sites for hydroxylation is 2. The molecule has 0 amide bonds. The number of carbonyl (C=O) groups is 2. The molecule has 0 aliphatic heterocycles. The number of carboxylic acids is 1. The van der Waals surface area contributed by atoms with Gasteiger partial charge in [0, 0.05) is 12.0 Å². The van der Waals surface area contributed by atoms with Gasteiger partial charge < -0.3 is 14.6 Å². The fourth-order valence-electron chi connectivity index (χ4n) is 3.05. The van der Waals surface area contributed by atoms with Gasteiger partial charge in [-0.05, 0) is 72.5 Å². The molecule has 6 heteroatoms. The van der Waals surface area contributed by atoms with Crippen LogP contribution in [0.1, 0.15) is 47.2 Å². The molecule has 33 heavy (non-hydrogen) atoms. The van der Waals surface area contributed by atoms with Crippen molar-refractivity contribution in [3.05, 3.63) is 83.2 Å². The lowest BCUT2D eigenvalue weighted by atomic mass is 10.0. The second-order valence-corrected chi connectivity index (χ2v) is 7.87. The quantitative estimate of drug-likeness (QED) is 0.342. The van der Waals surface area contributed by atoms with Crippen LogP contribution in [0, 0.1) is 12.7 Å². The van der Waals surface area contributed by atoms with E-state index in [-0.39, 0.29) is 12.2 Å². The Morgan fingerprint density at radius 3 is 2.39 bits per heavy atom. The maximum atomic E-state index is 14.2. The summed E-state index contributed by atoms with van der Waals surface area (Å²) in [7, 11) is 1.52. The van der Waals surface area contributed by atoms with Crippen LogP contribution >= 0.6 is 0 Å². The SMILES string of the molecule is C1CC1.COc1ccc(F)c(-c2ccc(OC(=O)c3cccc(CCC(=O)O)c3)c(C)c2)c1. The molecule has 0 saturated heterocycles. The molecule has 1 fully saturated rings. The van der Waals surface area contributed by atoms with Gasteiger partial charge in [-0.1, -0.05) is 37.5 Å². The highest BCUT2D eigenvalue weighted by molar-refractivity contribution is 5.91. The van der Waals surface area contributed by atoms with E-state index in [1.807, 2.05) is 0 Å². The number of methoxy groups -OCH3 is 1. The second-order valence-electron chi connectivity index (χ2n) is 7.87. The Morgan fingerprint density at radius 2 is 1.76 bits per heavy atom. The van der Waals surface area contributed by atoms with Gasteiger partial charge in [-0.2, -0.15) is 0 Å². The molecule has 3 aromatic carbocycles. The molecule has 1 aliphatic rings. The summed E-state index contributed by atoms with van der Waals surface area (Å²) >= 11 is 0. The topological polar surface area (TPSA) is 72.8 Å². The number of esters is 1. The van der Waals surface area contributed by atoms with Gasteiger partial charge in [0.05, 0.1) is 12.7 Å². The van der Waals surface area contributed by atoms with Gasteiger partial charge in [0.2, 0.25) is 0 Å². The minimum absolute atomic E-state index is 0.0140. The predicted octanol–water partition coefficient (Wildman–Crippen LogP) is 6.22. The first-order valence-electron chi connectivity index (χ1n) is 10.8. The fourth-order valence-corrected chi connectivity index (χ4v) is 3.05. The molecule has 1 saturated carbocycles. The van der Waals surface area contributed by atoms with Crippen LogP contribution in [0.25, 0.3) is 11.1 Å². The molecule has 1 aliphatic carbocycles. The van der Waals surface area contributed by atoms with E-state index in [1.54, 1.807) is 61.5 Å². The number of aliphatic carboxylic acids is 1. The van der Waals surface area contributed by atoms with Crippen molar-refractivity contribution >= 4 is 11.9 Å². The molecular weight excluding hydrogens is 423 g/mol. The number of ether oxygens (including phenoxy) is 2. The molecule has 3 aromatic rings. The molecule has 0 bridgehead atoms. The first-order chi connectivity index (χ1) is 15.9. The molecule has 4 rings (SSSR count). The number of rotatable bonds is 7. The molecule has 0 radical (unpaired) electrons. The largest absolute Gasteiger partial charge is 0.497 e. The monoisotopic (exact) mass is 450 g/mol. The molecule has 0 aromatic heterocycles. The Morgan fingerprint density at radius 1 is 1.00 bits per heavy atom. The van der Waals surface area contributed by atoms with Crippen molar-refractivity contribution in [1.82, 2.24) is 0 Å². The Bertz CT molecular complexity index is 1130. The maximum Gasteiger partial charge on any atom is 0.343 e. The summed E-state index contributed by atoms with van der Waals surface area (Å²) in [6.45, 7) is 1.77. The summed E-state index contributed by atoms with van der Waals surface area (Å²) in [6.07, 6.45) is 4.82. The van der Waals surface area contributed by atoms with Crippen LogP contribution in [0.4, 0.5) is 4.39 Å². The summed E-state index contributed by atoms with van der Waals surface area (Å²) in [4.78, 5) is 23.3. The molecule has 1 N–H and O–H groups in total. The third-order valence-corrected chi connectivity index (χ3v) is 5.01. The van der Waals surface area contributed by atoms with Crippen molar-refractivity contribution < 1.29 is 28.6 Å². The minimum atomic E-state index is -0.897. The Labute approximate surface area is 192 Å². The van der Waals surface area contributed by atoms with Crippen molar-refractivity contribution in [2.24, 2.45) is 0 Å². The van der Waals surface area contributed by atoms with E-state index < -0.39 is 11.9 Å². The zero-order valence-electron chi connectivity index (χ0n) is 18.8. The van der Waals surface area contributed by atoms with E-state index in [4.69, 9.17) is 14.6 Å². The van der Waals surface area contributed by atoms with Crippen molar-refractivity contribution in [2.45, 2.75) is 39.0 Å². The summed E-state index contributed by atoms with van der Waals surface area (Å²) in [5, 5.41) is 8.81. The maximum absolute atomic E-state index is 14.2. The number of hydrogen-bond donors (Lipinski definition) is 1. The van der Waals surface area contributed by atoms with E-state index >= 15 is 0 Å². The van der Waals surface area contributed by atoms with Crippen LogP contribution in [0.3, 0.4) is 0 Å². The Hall–Kier alpha value is -3.67. The van der Waals surface area contributed by atoms with Crippen LogP contribution in [0.15, 0.2) is 60.7 Å². The van der Waals surface area contributed by atoms with E-state index in [0.717, 1.165) is 5.56 Å². The summed E-state index contributed by atoms with van der Waals surface area (Å²) in [5.41, 5.74) is 2.78. The van der Waals surface area contributed by atoms with Gasteiger partial charge in [-0.3, -0.25) is 4.79 Å². The average Bonchev–Trinajstić information content (AvgIpc) is 3.69. The highest BCUT2D eigenvalue weighted by Crippen LogP contribution is 2.31. The lowest BCUT2D eigenvalue weighted by molar-refractivity contribution is -0.136. The van der Waals surface area contributed by atoms with Crippen LogP contribution in [-0.4, -0.2) is 24.2 Å². The third-order valence-electron chi connectivity index (χ3n) is 5.01. The molecule has 0 spiro atoms. The number of hydrogen-bond acceptors (Lipinski definition) is 4. The summed E-state index contributed by atoms with van der Waals surface area (Å²) in [5.74, 6) is -0.912.